The van der Waals surface area contributed by atoms with E-state index in [1.165, 1.54) is 0 Å². The van der Waals surface area contributed by atoms with E-state index >= 15 is 0 Å². The van der Waals surface area contributed by atoms with Crippen molar-refractivity contribution in [1.82, 2.24) is 0 Å². The van der Waals surface area contributed by atoms with E-state index in [-0.39, 0.29) is 7.11 Å². The van der Waals surface area contributed by atoms with Gasteiger partial charge in [-0.2, -0.15) is 30.7 Å². The van der Waals surface area contributed by atoms with Crippen LogP contribution in [0.1, 0.15) is 0 Å². The highest BCUT2D eigenvalue weighted by atomic mass is 19.4. The molecule has 0 heterocycles. The Morgan fingerprint density at radius 3 is 1.25 bits per heavy atom. The molecule has 0 amide bonds. The number of hydrogen-bond donors (Lipinski definition) is 0. The molecule has 0 aliphatic rings. The molecule has 12 heavy (non-hydrogen) atoms. The van der Waals surface area contributed by atoms with E-state index in [0.29, 0.717) is 0 Å². The first-order valence-corrected chi connectivity index (χ1v) is 2.44. The third-order valence-electron chi connectivity index (χ3n) is 0.978. The summed E-state index contributed by atoms with van der Waals surface area (Å²) in [6, 6.07) is 0. The molecule has 8 heteroatoms. The number of ether oxygens (including phenoxy) is 1. The molecule has 0 saturated heterocycles. The summed E-state index contributed by atoms with van der Waals surface area (Å²) in [6.07, 6.45) is -11.9. The summed E-state index contributed by atoms with van der Waals surface area (Å²) >= 11 is 0. The van der Waals surface area contributed by atoms with E-state index in [9.17, 15) is 30.7 Å². The molecule has 0 unspecified atom stereocenters. The summed E-state index contributed by atoms with van der Waals surface area (Å²) in [5, 5.41) is 0. The van der Waals surface area contributed by atoms with E-state index in [0.717, 1.165) is 0 Å². The molecule has 74 valence electrons. The van der Waals surface area contributed by atoms with E-state index in [1.807, 2.05) is 0 Å². The van der Waals surface area contributed by atoms with Gasteiger partial charge in [-0.1, -0.05) is 0 Å². The quantitative estimate of drug-likeness (QED) is 0.622. The van der Waals surface area contributed by atoms with E-state index in [2.05, 4.69) is 4.74 Å². The third-order valence-corrected chi connectivity index (χ3v) is 0.978. The van der Waals surface area contributed by atoms with Gasteiger partial charge in [0.1, 0.15) is 0 Å². The van der Waals surface area contributed by atoms with Crippen molar-refractivity contribution < 1.29 is 35.5 Å². The van der Waals surface area contributed by atoms with Crippen LogP contribution < -0.4 is 0 Å². The molecule has 0 spiro atoms. The molecule has 0 saturated carbocycles. The SMILES string of the molecule is COC(F)(F)C(F)(F)C(F)(F)F. The Kier molecular flexibility index (Phi) is 2.63. The Labute approximate surface area is 62.1 Å². The second-order valence-corrected chi connectivity index (χ2v) is 1.79. The molecule has 0 aromatic carbocycles. The van der Waals surface area contributed by atoms with Crippen LogP contribution in [0.25, 0.3) is 0 Å². The number of halogens is 7. The standard InChI is InChI=1S/C4H3F7O/c1-12-4(10,11)2(5,6)3(7,8)9/h1H3. The molecule has 0 atom stereocenters. The van der Waals surface area contributed by atoms with E-state index in [4.69, 9.17) is 0 Å². The fraction of sp³-hybridized carbons (Fsp3) is 1.00. The van der Waals surface area contributed by atoms with Gasteiger partial charge in [0, 0.05) is 7.11 Å². The molecule has 0 aromatic rings. The first-order valence-electron chi connectivity index (χ1n) is 2.44. The van der Waals surface area contributed by atoms with Crippen molar-refractivity contribution in [2.24, 2.45) is 0 Å². The normalized spacial score (nSPS) is 15.0. The minimum atomic E-state index is -6.33. The van der Waals surface area contributed by atoms with Gasteiger partial charge in [0.05, 0.1) is 0 Å². The maximum absolute atomic E-state index is 11.7. The van der Waals surface area contributed by atoms with E-state index in [1.54, 1.807) is 0 Å². The largest absolute Gasteiger partial charge is 0.462 e. The number of rotatable bonds is 2. The van der Waals surface area contributed by atoms with Gasteiger partial charge in [-0.05, 0) is 0 Å². The van der Waals surface area contributed by atoms with Crippen LogP contribution in [0.3, 0.4) is 0 Å². The number of alkyl halides is 7. The Hall–Kier alpha value is -0.530. The molecule has 0 aromatic heterocycles. The molecule has 0 N–H and O–H groups in total. The molecule has 0 aliphatic heterocycles. The average Bonchev–Trinajstić information content (AvgIpc) is 1.85. The van der Waals surface area contributed by atoms with Gasteiger partial charge in [-0.3, -0.25) is 0 Å². The van der Waals surface area contributed by atoms with Gasteiger partial charge in [-0.25, -0.2) is 0 Å². The topological polar surface area (TPSA) is 9.23 Å². The van der Waals surface area contributed by atoms with Gasteiger partial charge in [0.15, 0.2) is 0 Å². The van der Waals surface area contributed by atoms with Crippen molar-refractivity contribution in [1.29, 1.82) is 0 Å². The highest BCUT2D eigenvalue weighted by Gasteiger charge is 2.74. The Morgan fingerprint density at radius 2 is 1.17 bits per heavy atom. The van der Waals surface area contributed by atoms with Crippen molar-refractivity contribution in [2.45, 2.75) is 18.2 Å². The number of hydrogen-bond acceptors (Lipinski definition) is 1. The maximum atomic E-state index is 11.7. The zero-order valence-electron chi connectivity index (χ0n) is 5.55. The summed E-state index contributed by atoms with van der Waals surface area (Å²) in [5.74, 6) is -6.17. The number of methoxy groups -OCH3 is 1. The minimum absolute atomic E-state index is 0.0552. The Bertz CT molecular complexity index is 159. The molecular formula is C4H3F7O. The van der Waals surface area contributed by atoms with Crippen molar-refractivity contribution in [3.8, 4) is 0 Å². The minimum Gasteiger partial charge on any atom is -0.319 e. The Morgan fingerprint density at radius 1 is 0.833 bits per heavy atom. The maximum Gasteiger partial charge on any atom is 0.462 e. The van der Waals surface area contributed by atoms with Crippen molar-refractivity contribution in [3.63, 3.8) is 0 Å². The van der Waals surface area contributed by atoms with Crippen LogP contribution in [0.2, 0.25) is 0 Å². The zero-order chi connectivity index (χ0) is 10.2. The zero-order valence-corrected chi connectivity index (χ0v) is 5.55. The smallest absolute Gasteiger partial charge is 0.319 e. The molecule has 0 aliphatic carbocycles. The lowest BCUT2D eigenvalue weighted by atomic mass is 10.3. The van der Waals surface area contributed by atoms with Gasteiger partial charge >= 0.3 is 18.2 Å². The molecule has 0 fully saturated rings. The molecular weight excluding hydrogens is 197 g/mol. The van der Waals surface area contributed by atoms with Gasteiger partial charge in [0.25, 0.3) is 0 Å². The van der Waals surface area contributed by atoms with E-state index < -0.39 is 18.2 Å². The monoisotopic (exact) mass is 200 g/mol. The second kappa shape index (κ2) is 2.75. The van der Waals surface area contributed by atoms with Gasteiger partial charge < -0.3 is 4.74 Å². The summed E-state index contributed by atoms with van der Waals surface area (Å²) < 4.78 is 83.2. The fourth-order valence-electron chi connectivity index (χ4n) is 0.293. The van der Waals surface area contributed by atoms with Crippen LogP contribution in [0.4, 0.5) is 30.7 Å². The van der Waals surface area contributed by atoms with Crippen molar-refractivity contribution in [3.05, 3.63) is 0 Å². The summed E-state index contributed by atoms with van der Waals surface area (Å²) in [7, 11) is 0.0552. The molecule has 0 radical (unpaired) electrons. The predicted molar refractivity (Wildman–Crippen MR) is 23.0 cm³/mol. The van der Waals surface area contributed by atoms with Crippen LogP contribution in [-0.2, 0) is 4.74 Å². The summed E-state index contributed by atoms with van der Waals surface area (Å²) in [4.78, 5) is 0. The molecule has 0 bridgehead atoms. The fourth-order valence-corrected chi connectivity index (χ4v) is 0.293. The lowest BCUT2D eigenvalue weighted by Crippen LogP contribution is -2.52. The predicted octanol–water partition coefficient (Wildman–Crippen LogP) is 2.42. The average molecular weight is 200 g/mol. The second-order valence-electron chi connectivity index (χ2n) is 1.79. The van der Waals surface area contributed by atoms with Gasteiger partial charge in [0.2, 0.25) is 0 Å². The molecule has 0 rings (SSSR count). The Balaban J connectivity index is 4.85. The first-order chi connectivity index (χ1) is 5.06. The summed E-state index contributed by atoms with van der Waals surface area (Å²) in [6.45, 7) is 0. The van der Waals surface area contributed by atoms with Crippen molar-refractivity contribution in [2.75, 3.05) is 7.11 Å². The summed E-state index contributed by atoms with van der Waals surface area (Å²) in [5.41, 5.74) is 0. The van der Waals surface area contributed by atoms with Gasteiger partial charge in [-0.15, -0.1) is 0 Å². The molecule has 1 nitrogen and oxygen atoms in total. The first kappa shape index (κ1) is 11.5. The highest BCUT2D eigenvalue weighted by Crippen LogP contribution is 2.46. The van der Waals surface area contributed by atoms with Crippen LogP contribution in [-0.4, -0.2) is 25.3 Å². The van der Waals surface area contributed by atoms with Crippen LogP contribution in [0.5, 0.6) is 0 Å². The van der Waals surface area contributed by atoms with Crippen LogP contribution >= 0.6 is 0 Å². The highest BCUT2D eigenvalue weighted by molar-refractivity contribution is 4.84. The van der Waals surface area contributed by atoms with Crippen LogP contribution in [0.15, 0.2) is 0 Å². The third kappa shape index (κ3) is 1.62. The lowest BCUT2D eigenvalue weighted by Gasteiger charge is -2.26. The van der Waals surface area contributed by atoms with Crippen molar-refractivity contribution >= 4 is 0 Å². The van der Waals surface area contributed by atoms with Crippen LogP contribution in [0, 0.1) is 0 Å². The lowest BCUT2D eigenvalue weighted by molar-refractivity contribution is -0.418.